The number of aromatic nitrogens is 5. The Balaban J connectivity index is 1.91. The van der Waals surface area contributed by atoms with E-state index in [1.165, 1.54) is 6.20 Å². The van der Waals surface area contributed by atoms with Crippen molar-refractivity contribution in [2.45, 2.75) is 0 Å². The van der Waals surface area contributed by atoms with Crippen molar-refractivity contribution in [2.24, 2.45) is 5.73 Å². The SMILES string of the molecule is CNc1ncc2c(-c3ccn4ncc(C(N)=O)c4c3)c[nH]c2n1. The average molecular weight is 307 g/mol. The van der Waals surface area contributed by atoms with Crippen molar-refractivity contribution in [3.8, 4) is 11.1 Å². The molecule has 0 aliphatic carbocycles. The molecule has 0 fully saturated rings. The highest BCUT2D eigenvalue weighted by molar-refractivity contribution is 6.01. The van der Waals surface area contributed by atoms with Crippen LogP contribution in [0.4, 0.5) is 5.95 Å². The molecular weight excluding hydrogens is 294 g/mol. The summed E-state index contributed by atoms with van der Waals surface area (Å²) in [4.78, 5) is 23.2. The van der Waals surface area contributed by atoms with Crippen LogP contribution in [0.25, 0.3) is 27.7 Å². The van der Waals surface area contributed by atoms with E-state index in [4.69, 9.17) is 5.73 Å². The first-order valence-corrected chi connectivity index (χ1v) is 6.97. The molecule has 0 saturated carbocycles. The molecular formula is C15H13N7O. The predicted molar refractivity (Wildman–Crippen MR) is 86.1 cm³/mol. The molecule has 4 rings (SSSR count). The van der Waals surface area contributed by atoms with Crippen molar-refractivity contribution in [1.82, 2.24) is 24.6 Å². The van der Waals surface area contributed by atoms with Gasteiger partial charge in [0.2, 0.25) is 5.95 Å². The van der Waals surface area contributed by atoms with Crippen LogP contribution in [0.1, 0.15) is 10.4 Å². The Kier molecular flexibility index (Phi) is 2.77. The lowest BCUT2D eigenvalue weighted by Gasteiger charge is -2.02. The molecule has 4 aromatic heterocycles. The van der Waals surface area contributed by atoms with Crippen molar-refractivity contribution in [2.75, 3.05) is 12.4 Å². The third-order valence-corrected chi connectivity index (χ3v) is 3.75. The molecule has 23 heavy (non-hydrogen) atoms. The maximum Gasteiger partial charge on any atom is 0.252 e. The number of fused-ring (bicyclic) bond motifs is 2. The van der Waals surface area contributed by atoms with Gasteiger partial charge in [-0.3, -0.25) is 4.79 Å². The highest BCUT2D eigenvalue weighted by Gasteiger charge is 2.13. The Morgan fingerprint density at radius 3 is 3.04 bits per heavy atom. The van der Waals surface area contributed by atoms with Crippen LogP contribution in [0.2, 0.25) is 0 Å². The van der Waals surface area contributed by atoms with E-state index < -0.39 is 5.91 Å². The van der Waals surface area contributed by atoms with E-state index in [-0.39, 0.29) is 0 Å². The van der Waals surface area contributed by atoms with Gasteiger partial charge in [-0.05, 0) is 17.7 Å². The van der Waals surface area contributed by atoms with Gasteiger partial charge in [-0.2, -0.15) is 10.1 Å². The summed E-state index contributed by atoms with van der Waals surface area (Å²) >= 11 is 0. The largest absolute Gasteiger partial charge is 0.365 e. The van der Waals surface area contributed by atoms with E-state index >= 15 is 0 Å². The second kappa shape index (κ2) is 4.80. The minimum absolute atomic E-state index is 0.389. The Hall–Kier alpha value is -3.42. The molecule has 114 valence electrons. The molecule has 0 aliphatic heterocycles. The van der Waals surface area contributed by atoms with Crippen molar-refractivity contribution in [1.29, 1.82) is 0 Å². The van der Waals surface area contributed by atoms with Gasteiger partial charge in [-0.1, -0.05) is 0 Å². The fourth-order valence-electron chi connectivity index (χ4n) is 2.60. The minimum atomic E-state index is -0.502. The zero-order chi connectivity index (χ0) is 16.0. The van der Waals surface area contributed by atoms with Gasteiger partial charge < -0.3 is 16.0 Å². The van der Waals surface area contributed by atoms with Crippen LogP contribution in [0.3, 0.4) is 0 Å². The van der Waals surface area contributed by atoms with Crippen LogP contribution in [-0.2, 0) is 0 Å². The number of aromatic amines is 1. The number of carbonyl (C=O) groups is 1. The quantitative estimate of drug-likeness (QED) is 0.529. The molecule has 8 heteroatoms. The van der Waals surface area contributed by atoms with Crippen molar-refractivity contribution >= 4 is 28.4 Å². The van der Waals surface area contributed by atoms with Gasteiger partial charge in [0.25, 0.3) is 5.91 Å². The van der Waals surface area contributed by atoms with Gasteiger partial charge in [-0.15, -0.1) is 0 Å². The number of nitrogens with zero attached hydrogens (tertiary/aromatic N) is 4. The first-order valence-electron chi connectivity index (χ1n) is 6.97. The molecule has 0 aromatic carbocycles. The number of hydrogen-bond donors (Lipinski definition) is 3. The van der Waals surface area contributed by atoms with Crippen LogP contribution in [0.15, 0.2) is 36.9 Å². The topological polar surface area (TPSA) is 114 Å². The lowest BCUT2D eigenvalue weighted by atomic mass is 10.1. The normalized spacial score (nSPS) is 11.2. The number of amides is 1. The summed E-state index contributed by atoms with van der Waals surface area (Å²) in [5.41, 5.74) is 9.05. The highest BCUT2D eigenvalue weighted by atomic mass is 16.1. The summed E-state index contributed by atoms with van der Waals surface area (Å²) in [7, 11) is 1.77. The van der Waals surface area contributed by atoms with E-state index in [0.717, 1.165) is 22.2 Å². The molecule has 0 radical (unpaired) electrons. The number of nitrogens with one attached hydrogen (secondary N) is 2. The molecule has 0 saturated heterocycles. The summed E-state index contributed by atoms with van der Waals surface area (Å²) in [6.07, 6.45) is 6.89. The second-order valence-corrected chi connectivity index (χ2v) is 5.08. The standard InChI is InChI=1S/C15H13N7O/c1-17-15-19-6-10-9(5-18-14(10)21-15)8-2-3-22-12(4-8)11(7-20-22)13(16)23/h2-7H,1H3,(H2,16,23)(H2,17,18,19,21). The molecule has 4 N–H and O–H groups in total. The minimum Gasteiger partial charge on any atom is -0.365 e. The van der Waals surface area contributed by atoms with E-state index in [1.54, 1.807) is 24.0 Å². The number of nitrogens with two attached hydrogens (primary N) is 1. The molecule has 4 heterocycles. The monoisotopic (exact) mass is 307 g/mol. The molecule has 0 atom stereocenters. The van der Waals surface area contributed by atoms with Gasteiger partial charge in [-0.25, -0.2) is 9.50 Å². The van der Waals surface area contributed by atoms with Gasteiger partial charge in [0.1, 0.15) is 5.65 Å². The molecule has 0 unspecified atom stereocenters. The Labute approximate surface area is 130 Å². The molecule has 1 amide bonds. The molecule has 0 aliphatic rings. The van der Waals surface area contributed by atoms with Crippen LogP contribution >= 0.6 is 0 Å². The van der Waals surface area contributed by atoms with Crippen LogP contribution < -0.4 is 11.1 Å². The van der Waals surface area contributed by atoms with Crippen LogP contribution in [-0.4, -0.2) is 37.5 Å². The molecule has 0 spiro atoms. The van der Waals surface area contributed by atoms with Gasteiger partial charge in [0, 0.05) is 36.6 Å². The number of primary amides is 1. The van der Waals surface area contributed by atoms with Crippen LogP contribution in [0.5, 0.6) is 0 Å². The fourth-order valence-corrected chi connectivity index (χ4v) is 2.60. The first kappa shape index (κ1) is 13.3. The summed E-state index contributed by atoms with van der Waals surface area (Å²) in [6.45, 7) is 0. The predicted octanol–water partition coefficient (Wildman–Crippen LogP) is 1.41. The number of hydrogen-bond acceptors (Lipinski definition) is 5. The second-order valence-electron chi connectivity index (χ2n) is 5.08. The van der Waals surface area contributed by atoms with Crippen molar-refractivity contribution < 1.29 is 4.79 Å². The average Bonchev–Trinajstić information content (AvgIpc) is 3.17. The van der Waals surface area contributed by atoms with E-state index in [2.05, 4.69) is 25.4 Å². The number of anilines is 1. The van der Waals surface area contributed by atoms with E-state index in [1.807, 2.05) is 18.3 Å². The summed E-state index contributed by atoms with van der Waals surface area (Å²) in [6, 6.07) is 3.79. The maximum absolute atomic E-state index is 11.5. The van der Waals surface area contributed by atoms with Gasteiger partial charge >= 0.3 is 0 Å². The molecule has 8 nitrogen and oxygen atoms in total. The van der Waals surface area contributed by atoms with E-state index in [0.29, 0.717) is 17.0 Å². The highest BCUT2D eigenvalue weighted by Crippen LogP contribution is 2.29. The molecule has 0 bridgehead atoms. The number of H-pyrrole nitrogens is 1. The zero-order valence-corrected chi connectivity index (χ0v) is 12.2. The van der Waals surface area contributed by atoms with Gasteiger partial charge in [0.15, 0.2) is 0 Å². The van der Waals surface area contributed by atoms with Gasteiger partial charge in [0.05, 0.1) is 17.3 Å². The Morgan fingerprint density at radius 2 is 2.26 bits per heavy atom. The van der Waals surface area contributed by atoms with Crippen LogP contribution in [0, 0.1) is 0 Å². The Bertz CT molecular complexity index is 1050. The maximum atomic E-state index is 11.5. The lowest BCUT2D eigenvalue weighted by molar-refractivity contribution is 0.100. The number of pyridine rings is 1. The fraction of sp³-hybridized carbons (Fsp3) is 0.0667. The molecule has 4 aromatic rings. The summed E-state index contributed by atoms with van der Waals surface area (Å²) in [5, 5.41) is 7.92. The van der Waals surface area contributed by atoms with Crippen molar-refractivity contribution in [3.05, 3.63) is 42.5 Å². The zero-order valence-electron chi connectivity index (χ0n) is 12.2. The third-order valence-electron chi connectivity index (χ3n) is 3.75. The number of carbonyl (C=O) groups excluding carboxylic acids is 1. The lowest BCUT2D eigenvalue weighted by Crippen LogP contribution is -2.10. The third kappa shape index (κ3) is 2.00. The number of rotatable bonds is 3. The Morgan fingerprint density at radius 1 is 1.39 bits per heavy atom. The van der Waals surface area contributed by atoms with E-state index in [9.17, 15) is 4.79 Å². The van der Waals surface area contributed by atoms with Crippen molar-refractivity contribution in [3.63, 3.8) is 0 Å². The smallest absolute Gasteiger partial charge is 0.252 e. The summed E-state index contributed by atoms with van der Waals surface area (Å²) in [5.74, 6) is 0.0474. The summed E-state index contributed by atoms with van der Waals surface area (Å²) < 4.78 is 1.62. The first-order chi connectivity index (χ1) is 11.2.